The summed E-state index contributed by atoms with van der Waals surface area (Å²) >= 11 is 1.76. The number of hydrogen-bond acceptors (Lipinski definition) is 3. The van der Waals surface area contributed by atoms with Crippen molar-refractivity contribution in [3.8, 4) is 0 Å². The van der Waals surface area contributed by atoms with Gasteiger partial charge in [-0.2, -0.15) is 11.3 Å². The van der Waals surface area contributed by atoms with E-state index in [-0.39, 0.29) is 0 Å². The lowest BCUT2D eigenvalue weighted by atomic mass is 10.1. The van der Waals surface area contributed by atoms with E-state index in [9.17, 15) is 0 Å². The van der Waals surface area contributed by atoms with Gasteiger partial charge in [0.05, 0.1) is 0 Å². The maximum Gasteiger partial charge on any atom is 0.0338 e. The highest BCUT2D eigenvalue weighted by Crippen LogP contribution is 2.18. The molecule has 0 aliphatic carbocycles. The van der Waals surface area contributed by atoms with Gasteiger partial charge in [0.25, 0.3) is 0 Å². The van der Waals surface area contributed by atoms with Crippen molar-refractivity contribution >= 4 is 11.3 Å². The summed E-state index contributed by atoms with van der Waals surface area (Å²) in [5, 5.41) is 7.69. The third kappa shape index (κ3) is 3.46. The summed E-state index contributed by atoms with van der Waals surface area (Å²) in [5.74, 6) is 0. The molecule has 1 aromatic rings. The van der Waals surface area contributed by atoms with Gasteiger partial charge in [-0.3, -0.25) is 0 Å². The average molecular weight is 198 g/mol. The number of thiophene rings is 1. The van der Waals surface area contributed by atoms with Gasteiger partial charge in [0.2, 0.25) is 0 Å². The number of nitrogens with zero attached hydrogens (tertiary/aromatic N) is 1. The summed E-state index contributed by atoms with van der Waals surface area (Å²) < 4.78 is 0. The molecule has 0 spiro atoms. The van der Waals surface area contributed by atoms with Gasteiger partial charge < -0.3 is 10.2 Å². The van der Waals surface area contributed by atoms with E-state index >= 15 is 0 Å². The topological polar surface area (TPSA) is 15.3 Å². The fourth-order valence-electron chi connectivity index (χ4n) is 1.34. The highest BCUT2D eigenvalue weighted by Gasteiger charge is 2.08. The third-order valence-corrected chi connectivity index (χ3v) is 2.86. The van der Waals surface area contributed by atoms with Gasteiger partial charge in [0.1, 0.15) is 0 Å². The predicted molar refractivity (Wildman–Crippen MR) is 59.3 cm³/mol. The van der Waals surface area contributed by atoms with Crippen LogP contribution in [0, 0.1) is 0 Å². The zero-order valence-electron chi connectivity index (χ0n) is 8.58. The fourth-order valence-corrected chi connectivity index (χ4v) is 2.05. The molecule has 3 heteroatoms. The summed E-state index contributed by atoms with van der Waals surface area (Å²) in [7, 11) is 6.25. The van der Waals surface area contributed by atoms with E-state index in [1.807, 2.05) is 7.05 Å². The second-order valence-corrected chi connectivity index (χ2v) is 4.27. The molecule has 1 rings (SSSR count). The highest BCUT2D eigenvalue weighted by molar-refractivity contribution is 7.07. The van der Waals surface area contributed by atoms with Crippen LogP contribution in [-0.2, 0) is 0 Å². The molecule has 1 N–H and O–H groups in total. The van der Waals surface area contributed by atoms with Crippen LogP contribution in [0.2, 0.25) is 0 Å². The van der Waals surface area contributed by atoms with Crippen LogP contribution in [0.25, 0.3) is 0 Å². The molecule has 1 aromatic heterocycles. The van der Waals surface area contributed by atoms with Gasteiger partial charge in [0, 0.05) is 6.04 Å². The van der Waals surface area contributed by atoms with Crippen molar-refractivity contribution in [2.75, 3.05) is 27.7 Å². The molecule has 1 unspecified atom stereocenters. The largest absolute Gasteiger partial charge is 0.313 e. The third-order valence-electron chi connectivity index (χ3n) is 2.16. The minimum absolute atomic E-state index is 0.508. The van der Waals surface area contributed by atoms with Crippen molar-refractivity contribution in [2.45, 2.75) is 12.5 Å². The summed E-state index contributed by atoms with van der Waals surface area (Å²) in [6.45, 7) is 1.13. The summed E-state index contributed by atoms with van der Waals surface area (Å²) in [6, 6.07) is 2.70. The van der Waals surface area contributed by atoms with E-state index in [0.717, 1.165) is 6.54 Å². The van der Waals surface area contributed by atoms with Gasteiger partial charge in [-0.1, -0.05) is 0 Å². The number of nitrogens with one attached hydrogen (secondary N) is 1. The van der Waals surface area contributed by atoms with E-state index in [1.165, 1.54) is 12.0 Å². The van der Waals surface area contributed by atoms with Crippen LogP contribution >= 0.6 is 11.3 Å². The normalized spacial score (nSPS) is 13.5. The molecule has 1 atom stereocenters. The molecule has 0 bridgehead atoms. The standard InChI is InChI=1S/C10H18N2S/c1-11-10(4-6-12(2)3)9-5-7-13-8-9/h5,7-8,10-11H,4,6H2,1-3H3. The van der Waals surface area contributed by atoms with E-state index in [1.54, 1.807) is 11.3 Å². The number of hydrogen-bond donors (Lipinski definition) is 1. The van der Waals surface area contributed by atoms with Crippen molar-refractivity contribution in [3.63, 3.8) is 0 Å². The lowest BCUT2D eigenvalue weighted by Crippen LogP contribution is -2.22. The molecule has 74 valence electrons. The minimum atomic E-state index is 0.508. The molecule has 13 heavy (non-hydrogen) atoms. The monoisotopic (exact) mass is 198 g/mol. The van der Waals surface area contributed by atoms with Crippen LogP contribution < -0.4 is 5.32 Å². The van der Waals surface area contributed by atoms with Crippen LogP contribution in [-0.4, -0.2) is 32.6 Å². The molecule has 0 amide bonds. The van der Waals surface area contributed by atoms with Gasteiger partial charge in [-0.25, -0.2) is 0 Å². The first kappa shape index (κ1) is 10.7. The number of rotatable bonds is 5. The SMILES string of the molecule is CNC(CCN(C)C)c1ccsc1. The van der Waals surface area contributed by atoms with Crippen molar-refractivity contribution in [3.05, 3.63) is 22.4 Å². The van der Waals surface area contributed by atoms with Crippen LogP contribution in [0.3, 0.4) is 0 Å². The molecule has 2 nitrogen and oxygen atoms in total. The molecule has 0 aliphatic rings. The lowest BCUT2D eigenvalue weighted by molar-refractivity contribution is 0.369. The minimum Gasteiger partial charge on any atom is -0.313 e. The van der Waals surface area contributed by atoms with E-state index in [4.69, 9.17) is 0 Å². The molecule has 0 saturated carbocycles. The Morgan fingerprint density at radius 3 is 2.77 bits per heavy atom. The highest BCUT2D eigenvalue weighted by atomic mass is 32.1. The first-order valence-electron chi connectivity index (χ1n) is 4.58. The Bertz CT molecular complexity index is 219. The molecule has 0 saturated heterocycles. The second-order valence-electron chi connectivity index (χ2n) is 3.49. The first-order valence-corrected chi connectivity index (χ1v) is 5.52. The van der Waals surface area contributed by atoms with Crippen molar-refractivity contribution in [2.24, 2.45) is 0 Å². The van der Waals surface area contributed by atoms with Crippen LogP contribution in [0.5, 0.6) is 0 Å². The molecule has 0 aromatic carbocycles. The predicted octanol–water partition coefficient (Wildman–Crippen LogP) is 1.96. The summed E-state index contributed by atoms with van der Waals surface area (Å²) in [4.78, 5) is 2.22. The van der Waals surface area contributed by atoms with Crippen molar-refractivity contribution < 1.29 is 0 Å². The van der Waals surface area contributed by atoms with Gasteiger partial charge in [-0.15, -0.1) is 0 Å². The Morgan fingerprint density at radius 2 is 2.31 bits per heavy atom. The molecule has 0 fully saturated rings. The average Bonchev–Trinajstić information content (AvgIpc) is 2.58. The van der Waals surface area contributed by atoms with Crippen molar-refractivity contribution in [1.29, 1.82) is 0 Å². The van der Waals surface area contributed by atoms with E-state index < -0.39 is 0 Å². The van der Waals surface area contributed by atoms with Gasteiger partial charge >= 0.3 is 0 Å². The van der Waals surface area contributed by atoms with Gasteiger partial charge in [0.15, 0.2) is 0 Å². The fraction of sp³-hybridized carbons (Fsp3) is 0.600. The van der Waals surface area contributed by atoms with Crippen molar-refractivity contribution in [1.82, 2.24) is 10.2 Å². The molecular weight excluding hydrogens is 180 g/mol. The first-order chi connectivity index (χ1) is 6.24. The smallest absolute Gasteiger partial charge is 0.0338 e. The molecule has 1 heterocycles. The van der Waals surface area contributed by atoms with Gasteiger partial charge in [-0.05, 0) is 56.5 Å². The maximum absolute atomic E-state index is 3.34. The van der Waals surface area contributed by atoms with E-state index in [2.05, 4.69) is 41.1 Å². The Hall–Kier alpha value is -0.380. The molecule has 0 radical (unpaired) electrons. The Balaban J connectivity index is 2.44. The second kappa shape index (κ2) is 5.37. The molecule has 0 aliphatic heterocycles. The Labute approximate surface area is 84.6 Å². The Kier molecular flexibility index (Phi) is 4.42. The molecular formula is C10H18N2S. The Morgan fingerprint density at radius 1 is 1.54 bits per heavy atom. The van der Waals surface area contributed by atoms with Crippen LogP contribution in [0.15, 0.2) is 16.8 Å². The van der Waals surface area contributed by atoms with E-state index in [0.29, 0.717) is 6.04 Å². The van der Waals surface area contributed by atoms with Crippen LogP contribution in [0.1, 0.15) is 18.0 Å². The summed E-state index contributed by atoms with van der Waals surface area (Å²) in [6.07, 6.45) is 1.17. The lowest BCUT2D eigenvalue weighted by Gasteiger charge is -2.17. The summed E-state index contributed by atoms with van der Waals surface area (Å²) in [5.41, 5.74) is 1.41. The maximum atomic E-state index is 3.34. The zero-order chi connectivity index (χ0) is 9.68. The quantitative estimate of drug-likeness (QED) is 0.778. The zero-order valence-corrected chi connectivity index (χ0v) is 9.40. The van der Waals surface area contributed by atoms with Crippen LogP contribution in [0.4, 0.5) is 0 Å².